The third-order valence-corrected chi connectivity index (χ3v) is 1.34. The summed E-state index contributed by atoms with van der Waals surface area (Å²) in [6, 6.07) is 3.50. The number of rotatable bonds is 2. The highest BCUT2D eigenvalue weighted by atomic mass is 16.3. The van der Waals surface area contributed by atoms with E-state index in [0.717, 1.165) is 5.76 Å². The van der Waals surface area contributed by atoms with Crippen molar-refractivity contribution < 1.29 is 9.21 Å². The van der Waals surface area contributed by atoms with Crippen molar-refractivity contribution in [2.24, 2.45) is 0 Å². The molecule has 1 rings (SSSR count). The van der Waals surface area contributed by atoms with Crippen LogP contribution < -0.4 is 0 Å². The van der Waals surface area contributed by atoms with E-state index in [9.17, 15) is 4.79 Å². The van der Waals surface area contributed by atoms with Crippen LogP contribution in [0.2, 0.25) is 0 Å². The maximum absolute atomic E-state index is 10.9. The topological polar surface area (TPSA) is 30.2 Å². The van der Waals surface area contributed by atoms with Crippen LogP contribution >= 0.6 is 0 Å². The fourth-order valence-electron chi connectivity index (χ4n) is 0.759. The quantitative estimate of drug-likeness (QED) is 0.586. The van der Waals surface area contributed by atoms with E-state index in [2.05, 4.69) is 0 Å². The Balaban J connectivity index is 2.85. The molecule has 0 aliphatic heterocycles. The third kappa shape index (κ3) is 1.26. The number of Topliss-reactive ketones (excluding diaryl/α,β-unsaturated/α-hetero) is 1. The van der Waals surface area contributed by atoms with E-state index in [1.165, 1.54) is 0 Å². The first-order valence-electron chi connectivity index (χ1n) is 3.33. The maximum Gasteiger partial charge on any atom is 0.197 e. The Kier molecular flexibility index (Phi) is 1.90. The van der Waals surface area contributed by atoms with Crippen LogP contribution in [0.3, 0.4) is 0 Å². The van der Waals surface area contributed by atoms with Gasteiger partial charge in [0.25, 0.3) is 0 Å². The summed E-state index contributed by atoms with van der Waals surface area (Å²) in [7, 11) is 0. The Hall–Kier alpha value is -1.05. The first-order chi connectivity index (χ1) is 4.74. The number of carbonyl (C=O) groups excluding carboxylic acids is 1. The second kappa shape index (κ2) is 2.69. The molecule has 1 aromatic heterocycles. The van der Waals surface area contributed by atoms with Crippen molar-refractivity contribution in [2.75, 3.05) is 0 Å². The molecule has 0 aliphatic carbocycles. The van der Waals surface area contributed by atoms with E-state index in [1.54, 1.807) is 12.1 Å². The molecule has 1 heterocycles. The molecule has 10 heavy (non-hydrogen) atoms. The number of ketones is 1. The molecule has 0 saturated heterocycles. The van der Waals surface area contributed by atoms with E-state index in [1.807, 2.05) is 13.8 Å². The highest BCUT2D eigenvalue weighted by Crippen LogP contribution is 2.07. The molecule has 0 radical (unpaired) electrons. The molecule has 2 nitrogen and oxygen atoms in total. The summed E-state index contributed by atoms with van der Waals surface area (Å²) < 4.78 is 5.09. The zero-order valence-electron chi connectivity index (χ0n) is 6.18. The number of furan rings is 1. The molecule has 0 spiro atoms. The normalized spacial score (nSPS) is 9.80. The summed E-state index contributed by atoms with van der Waals surface area (Å²) in [6.45, 7) is 3.65. The molecular formula is C8H10O2. The molecule has 0 aliphatic rings. The Morgan fingerprint density at radius 2 is 2.30 bits per heavy atom. The fourth-order valence-corrected chi connectivity index (χ4v) is 0.759. The highest BCUT2D eigenvalue weighted by Gasteiger charge is 2.05. The number of aryl methyl sites for hydroxylation is 1. The largest absolute Gasteiger partial charge is 0.458 e. The van der Waals surface area contributed by atoms with Crippen LogP contribution in [-0.2, 0) is 0 Å². The lowest BCUT2D eigenvalue weighted by Crippen LogP contribution is -1.92. The van der Waals surface area contributed by atoms with Crippen LogP contribution in [0.5, 0.6) is 0 Å². The predicted octanol–water partition coefficient (Wildman–Crippen LogP) is 2.18. The van der Waals surface area contributed by atoms with Gasteiger partial charge in [-0.25, -0.2) is 0 Å². The minimum Gasteiger partial charge on any atom is -0.458 e. The van der Waals surface area contributed by atoms with Gasteiger partial charge in [-0.2, -0.15) is 0 Å². The Morgan fingerprint density at radius 3 is 2.70 bits per heavy atom. The minimum absolute atomic E-state index is 0.0631. The molecular weight excluding hydrogens is 128 g/mol. The van der Waals surface area contributed by atoms with Crippen LogP contribution in [0, 0.1) is 6.92 Å². The molecule has 0 bridgehead atoms. The van der Waals surface area contributed by atoms with Gasteiger partial charge in [-0.05, 0) is 19.1 Å². The van der Waals surface area contributed by atoms with E-state index in [4.69, 9.17) is 4.42 Å². The highest BCUT2D eigenvalue weighted by molar-refractivity contribution is 5.93. The lowest BCUT2D eigenvalue weighted by Gasteiger charge is -1.88. The van der Waals surface area contributed by atoms with E-state index < -0.39 is 0 Å². The maximum atomic E-state index is 10.9. The van der Waals surface area contributed by atoms with Gasteiger partial charge in [-0.15, -0.1) is 0 Å². The molecule has 0 saturated carbocycles. The Labute approximate surface area is 59.8 Å². The standard InChI is InChI=1S/C8H10O2/c1-3-7(9)8-5-4-6(2)10-8/h4-5H,3H2,1-2H3. The second-order valence-electron chi connectivity index (χ2n) is 2.19. The van der Waals surface area contributed by atoms with Gasteiger partial charge in [0.15, 0.2) is 11.5 Å². The van der Waals surface area contributed by atoms with Crippen molar-refractivity contribution in [3.8, 4) is 0 Å². The predicted molar refractivity (Wildman–Crippen MR) is 38.1 cm³/mol. The third-order valence-electron chi connectivity index (χ3n) is 1.34. The van der Waals surface area contributed by atoms with Crippen molar-refractivity contribution in [1.29, 1.82) is 0 Å². The smallest absolute Gasteiger partial charge is 0.197 e. The van der Waals surface area contributed by atoms with Gasteiger partial charge in [0, 0.05) is 6.42 Å². The number of hydrogen-bond donors (Lipinski definition) is 0. The Morgan fingerprint density at radius 1 is 1.60 bits per heavy atom. The molecule has 54 valence electrons. The molecule has 0 amide bonds. The van der Waals surface area contributed by atoms with Crippen LogP contribution in [0.1, 0.15) is 29.7 Å². The average Bonchev–Trinajstić information content (AvgIpc) is 2.34. The molecule has 0 fully saturated rings. The molecule has 0 aromatic carbocycles. The average molecular weight is 138 g/mol. The van der Waals surface area contributed by atoms with Crippen molar-refractivity contribution in [3.63, 3.8) is 0 Å². The molecule has 1 aromatic rings. The van der Waals surface area contributed by atoms with E-state index >= 15 is 0 Å². The van der Waals surface area contributed by atoms with E-state index in [0.29, 0.717) is 12.2 Å². The van der Waals surface area contributed by atoms with E-state index in [-0.39, 0.29) is 5.78 Å². The molecule has 0 N–H and O–H groups in total. The number of hydrogen-bond acceptors (Lipinski definition) is 2. The summed E-state index contributed by atoms with van der Waals surface area (Å²) >= 11 is 0. The zero-order chi connectivity index (χ0) is 7.56. The van der Waals surface area contributed by atoms with Gasteiger partial charge in [-0.3, -0.25) is 4.79 Å². The summed E-state index contributed by atoms with van der Waals surface area (Å²) in [5.41, 5.74) is 0. The number of carbonyl (C=O) groups is 1. The van der Waals surface area contributed by atoms with Gasteiger partial charge in [0.2, 0.25) is 0 Å². The summed E-state index contributed by atoms with van der Waals surface area (Å²) in [6.07, 6.45) is 0.507. The first kappa shape index (κ1) is 7.06. The molecule has 0 atom stereocenters. The monoisotopic (exact) mass is 138 g/mol. The lowest BCUT2D eigenvalue weighted by molar-refractivity contribution is 0.0960. The van der Waals surface area contributed by atoms with Crippen LogP contribution in [0.25, 0.3) is 0 Å². The molecule has 2 heteroatoms. The van der Waals surface area contributed by atoms with Crippen LogP contribution in [0.4, 0.5) is 0 Å². The second-order valence-corrected chi connectivity index (χ2v) is 2.19. The van der Waals surface area contributed by atoms with Gasteiger partial charge in [-0.1, -0.05) is 6.92 Å². The summed E-state index contributed by atoms with van der Waals surface area (Å²) in [4.78, 5) is 10.9. The van der Waals surface area contributed by atoms with Gasteiger partial charge >= 0.3 is 0 Å². The van der Waals surface area contributed by atoms with Gasteiger partial charge in [0.1, 0.15) is 5.76 Å². The summed E-state index contributed by atoms with van der Waals surface area (Å²) in [5.74, 6) is 1.32. The fraction of sp³-hybridized carbons (Fsp3) is 0.375. The van der Waals surface area contributed by atoms with Crippen LogP contribution in [-0.4, -0.2) is 5.78 Å². The van der Waals surface area contributed by atoms with Crippen molar-refractivity contribution >= 4 is 5.78 Å². The van der Waals surface area contributed by atoms with Crippen molar-refractivity contribution in [3.05, 3.63) is 23.7 Å². The van der Waals surface area contributed by atoms with Crippen molar-refractivity contribution in [2.45, 2.75) is 20.3 Å². The first-order valence-corrected chi connectivity index (χ1v) is 3.33. The molecule has 0 unspecified atom stereocenters. The Bertz CT molecular complexity index is 235. The summed E-state index contributed by atoms with van der Waals surface area (Å²) in [5, 5.41) is 0. The van der Waals surface area contributed by atoms with Crippen LogP contribution in [0.15, 0.2) is 16.5 Å². The van der Waals surface area contributed by atoms with Gasteiger partial charge < -0.3 is 4.42 Å². The zero-order valence-corrected chi connectivity index (χ0v) is 6.18. The van der Waals surface area contributed by atoms with Gasteiger partial charge in [0.05, 0.1) is 0 Å². The van der Waals surface area contributed by atoms with Crippen molar-refractivity contribution in [1.82, 2.24) is 0 Å². The SMILES string of the molecule is CCC(=O)c1ccc(C)o1. The minimum atomic E-state index is 0.0631. The lowest BCUT2D eigenvalue weighted by atomic mass is 10.2.